The Morgan fingerprint density at radius 3 is 2.25 bits per heavy atom. The van der Waals surface area contributed by atoms with Crippen LogP contribution in [0.25, 0.3) is 0 Å². The van der Waals surface area contributed by atoms with E-state index >= 15 is 0 Å². The van der Waals surface area contributed by atoms with Gasteiger partial charge in [0.1, 0.15) is 0 Å². The van der Waals surface area contributed by atoms with Gasteiger partial charge in [-0.1, -0.05) is 29.8 Å². The maximum atomic E-state index is 13.5. The lowest BCUT2D eigenvalue weighted by Gasteiger charge is -2.28. The van der Waals surface area contributed by atoms with Crippen LogP contribution < -0.4 is 21.9 Å². The lowest BCUT2D eigenvalue weighted by atomic mass is 10.0. The van der Waals surface area contributed by atoms with Crippen LogP contribution >= 0.6 is 0 Å². The molecule has 1 aliphatic rings. The van der Waals surface area contributed by atoms with Gasteiger partial charge >= 0.3 is 17.3 Å². The fourth-order valence-electron chi connectivity index (χ4n) is 4.44. The van der Waals surface area contributed by atoms with Gasteiger partial charge in [0.2, 0.25) is 5.62 Å². The number of aromatic nitrogens is 3. The molecule has 0 bridgehead atoms. The highest BCUT2D eigenvalue weighted by Crippen LogP contribution is 2.22. The zero-order valence-corrected chi connectivity index (χ0v) is 21.0. The van der Waals surface area contributed by atoms with Gasteiger partial charge in [-0.25, -0.2) is 19.1 Å². The van der Waals surface area contributed by atoms with E-state index in [1.54, 1.807) is 6.92 Å². The molecule has 1 fully saturated rings. The van der Waals surface area contributed by atoms with Gasteiger partial charge in [-0.3, -0.25) is 14.3 Å². The maximum Gasteiger partial charge on any atom is 0.335 e. The predicted molar refractivity (Wildman–Crippen MR) is 139 cm³/mol. The minimum absolute atomic E-state index is 0.114. The molecule has 9 nitrogen and oxygen atoms in total. The number of H-pyrrole nitrogens is 1. The minimum Gasteiger partial charge on any atom is -0.481 e. The highest BCUT2D eigenvalue weighted by atomic mass is 16.4. The first-order valence-corrected chi connectivity index (χ1v) is 12.4. The van der Waals surface area contributed by atoms with Crippen molar-refractivity contribution in [2.75, 3.05) is 18.0 Å². The molecule has 190 valence electrons. The number of carboxylic acids is 1. The van der Waals surface area contributed by atoms with E-state index in [4.69, 9.17) is 0 Å². The summed E-state index contributed by atoms with van der Waals surface area (Å²) in [6.07, 6.45) is 3.62. The van der Waals surface area contributed by atoms with Crippen LogP contribution in [-0.2, 0) is 11.3 Å². The van der Waals surface area contributed by atoms with Crippen molar-refractivity contribution in [1.82, 2.24) is 14.1 Å². The van der Waals surface area contributed by atoms with Gasteiger partial charge in [0.15, 0.2) is 0 Å². The number of carboxylic acid groups (broad SMARTS) is 1. The highest BCUT2D eigenvalue weighted by molar-refractivity contribution is 5.70. The summed E-state index contributed by atoms with van der Waals surface area (Å²) in [5.41, 5.74) is 2.49. The van der Waals surface area contributed by atoms with Crippen molar-refractivity contribution in [1.29, 1.82) is 0 Å². The summed E-state index contributed by atoms with van der Waals surface area (Å²) in [5, 5.41) is 9.44. The number of nitrogens with one attached hydrogen (secondary N) is 1. The zero-order valence-electron chi connectivity index (χ0n) is 21.0. The molecule has 9 heteroatoms. The lowest BCUT2D eigenvalue weighted by molar-refractivity contribution is -0.142. The number of aryl methyl sites for hydroxylation is 1. The number of hydrogen-bond donors (Lipinski definition) is 2. The van der Waals surface area contributed by atoms with Gasteiger partial charge < -0.3 is 10.0 Å². The SMILES string of the molecule is Cc1ccc(Cn2c(=O)n([C@H](C)[C@H](C)C(=O)O)c(=O)[nH]/c2=N\c2ccc(N3CCCCC3)cc2)cc1. The third-order valence-corrected chi connectivity index (χ3v) is 6.92. The molecule has 2 heterocycles. The Balaban J connectivity index is 1.80. The standard InChI is InChI=1S/C27H33N5O4/c1-18-7-9-21(10-8-18)17-31-25(29-26(35)32(27(31)36)20(3)19(2)24(33)34)28-22-11-13-23(14-12-22)30-15-5-4-6-16-30/h7-14,19-20H,4-6,15-17H2,1-3H3,(H,33,34)(H,28,29,35)/t19-,20+/m0/s1. The first-order valence-electron chi connectivity index (χ1n) is 12.4. The third-order valence-electron chi connectivity index (χ3n) is 6.92. The number of carbonyl (C=O) groups is 1. The number of benzene rings is 2. The van der Waals surface area contributed by atoms with Crippen molar-refractivity contribution < 1.29 is 9.90 Å². The van der Waals surface area contributed by atoms with Crippen LogP contribution in [0.4, 0.5) is 11.4 Å². The van der Waals surface area contributed by atoms with E-state index < -0.39 is 29.3 Å². The molecule has 2 atom stereocenters. The first kappa shape index (κ1) is 25.2. The second kappa shape index (κ2) is 10.8. The molecule has 0 aliphatic carbocycles. The van der Waals surface area contributed by atoms with Crippen molar-refractivity contribution >= 4 is 17.3 Å². The molecule has 0 radical (unpaired) electrons. The molecular weight excluding hydrogens is 458 g/mol. The third kappa shape index (κ3) is 5.50. The fraction of sp³-hybridized carbons (Fsp3) is 0.407. The molecule has 2 N–H and O–H groups in total. The van der Waals surface area contributed by atoms with Crippen LogP contribution in [-0.4, -0.2) is 38.3 Å². The molecule has 0 saturated carbocycles. The molecule has 4 rings (SSSR count). The van der Waals surface area contributed by atoms with Crippen molar-refractivity contribution in [3.63, 3.8) is 0 Å². The first-order chi connectivity index (χ1) is 17.2. The predicted octanol–water partition coefficient (Wildman–Crippen LogP) is 3.20. The molecular formula is C27H33N5O4. The van der Waals surface area contributed by atoms with Gasteiger partial charge in [-0.15, -0.1) is 0 Å². The van der Waals surface area contributed by atoms with Crippen LogP contribution in [0.2, 0.25) is 0 Å². The van der Waals surface area contributed by atoms with E-state index in [2.05, 4.69) is 14.9 Å². The molecule has 0 unspecified atom stereocenters. The topological polar surface area (TPSA) is 113 Å². The van der Waals surface area contributed by atoms with Gasteiger partial charge in [-0.05, 0) is 69.9 Å². The van der Waals surface area contributed by atoms with Crippen molar-refractivity contribution in [2.24, 2.45) is 10.9 Å². The summed E-state index contributed by atoms with van der Waals surface area (Å²) >= 11 is 0. The molecule has 0 spiro atoms. The summed E-state index contributed by atoms with van der Waals surface area (Å²) in [6.45, 7) is 7.26. The summed E-state index contributed by atoms with van der Waals surface area (Å²) in [6, 6.07) is 14.6. The second-order valence-corrected chi connectivity index (χ2v) is 9.52. The lowest BCUT2D eigenvalue weighted by Crippen LogP contribution is -2.52. The van der Waals surface area contributed by atoms with Gasteiger partial charge in [-0.2, -0.15) is 0 Å². The molecule has 2 aromatic carbocycles. The van der Waals surface area contributed by atoms with Crippen LogP contribution in [0.15, 0.2) is 63.1 Å². The smallest absolute Gasteiger partial charge is 0.335 e. The van der Waals surface area contributed by atoms with E-state index in [0.29, 0.717) is 5.69 Å². The van der Waals surface area contributed by atoms with Crippen LogP contribution in [0.1, 0.15) is 50.3 Å². The monoisotopic (exact) mass is 491 g/mol. The Labute approximate surface area is 209 Å². The Morgan fingerprint density at radius 2 is 1.64 bits per heavy atom. The fourth-order valence-corrected chi connectivity index (χ4v) is 4.44. The molecule has 0 amide bonds. The maximum absolute atomic E-state index is 13.5. The summed E-state index contributed by atoms with van der Waals surface area (Å²) in [5.74, 6) is -2.01. The number of anilines is 1. The normalized spacial score (nSPS) is 16.1. The highest BCUT2D eigenvalue weighted by Gasteiger charge is 2.25. The van der Waals surface area contributed by atoms with E-state index in [9.17, 15) is 19.5 Å². The van der Waals surface area contributed by atoms with Crippen LogP contribution in [0, 0.1) is 12.8 Å². The number of aromatic amines is 1. The largest absolute Gasteiger partial charge is 0.481 e. The number of rotatable bonds is 7. The van der Waals surface area contributed by atoms with E-state index in [1.165, 1.54) is 30.8 Å². The number of nitrogens with zero attached hydrogens (tertiary/aromatic N) is 4. The molecule has 36 heavy (non-hydrogen) atoms. The molecule has 1 aromatic heterocycles. The summed E-state index contributed by atoms with van der Waals surface area (Å²) < 4.78 is 2.35. The van der Waals surface area contributed by atoms with Crippen LogP contribution in [0.5, 0.6) is 0 Å². The average Bonchev–Trinajstić information content (AvgIpc) is 2.87. The second-order valence-electron chi connectivity index (χ2n) is 9.52. The van der Waals surface area contributed by atoms with Crippen molar-refractivity contribution in [2.45, 2.75) is 52.6 Å². The van der Waals surface area contributed by atoms with Gasteiger partial charge in [0, 0.05) is 18.8 Å². The Hall–Kier alpha value is -3.88. The van der Waals surface area contributed by atoms with E-state index in [1.807, 2.05) is 55.5 Å². The van der Waals surface area contributed by atoms with Gasteiger partial charge in [0.25, 0.3) is 0 Å². The summed E-state index contributed by atoms with van der Waals surface area (Å²) in [7, 11) is 0. The van der Waals surface area contributed by atoms with E-state index in [-0.39, 0.29) is 12.2 Å². The Bertz CT molecular complexity index is 1390. The summed E-state index contributed by atoms with van der Waals surface area (Å²) in [4.78, 5) is 47.7. The van der Waals surface area contributed by atoms with Crippen molar-refractivity contribution in [3.8, 4) is 0 Å². The average molecular weight is 492 g/mol. The number of piperidine rings is 1. The van der Waals surface area contributed by atoms with Gasteiger partial charge in [0.05, 0.1) is 24.2 Å². The Morgan fingerprint density at radius 1 is 1.00 bits per heavy atom. The number of aliphatic carboxylic acids is 1. The quantitative estimate of drug-likeness (QED) is 0.527. The Kier molecular flexibility index (Phi) is 7.57. The zero-order chi connectivity index (χ0) is 25.8. The minimum atomic E-state index is -1.08. The molecule has 1 aliphatic heterocycles. The molecule has 1 saturated heterocycles. The molecule has 3 aromatic rings. The van der Waals surface area contributed by atoms with Crippen LogP contribution in [0.3, 0.4) is 0 Å². The van der Waals surface area contributed by atoms with Crippen molar-refractivity contribution in [3.05, 3.63) is 86.2 Å². The number of hydrogen-bond acceptors (Lipinski definition) is 5. The van der Waals surface area contributed by atoms with E-state index in [0.717, 1.165) is 34.5 Å².